The van der Waals surface area contributed by atoms with Gasteiger partial charge in [0.2, 0.25) is 5.91 Å². The van der Waals surface area contributed by atoms with Gasteiger partial charge in [0.15, 0.2) is 0 Å². The number of anilines is 1. The first kappa shape index (κ1) is 20.4. The molecule has 29 heavy (non-hydrogen) atoms. The Morgan fingerprint density at radius 3 is 2.48 bits per heavy atom. The SMILES string of the molecule is Cc1ccccc1NC(=O)Cn1c(-c2ccc(F)cc2)nc(C)c(CCO)c1=O. The van der Waals surface area contributed by atoms with Crippen LogP contribution in [0.5, 0.6) is 0 Å². The van der Waals surface area contributed by atoms with Crippen molar-refractivity contribution in [2.45, 2.75) is 26.8 Å². The third kappa shape index (κ3) is 4.57. The molecule has 0 aliphatic rings. The van der Waals surface area contributed by atoms with E-state index in [-0.39, 0.29) is 31.3 Å². The molecule has 7 heteroatoms. The summed E-state index contributed by atoms with van der Waals surface area (Å²) in [5, 5.41) is 12.1. The number of aliphatic hydroxyl groups is 1. The van der Waals surface area contributed by atoms with Crippen molar-refractivity contribution in [2.24, 2.45) is 0 Å². The second-order valence-electron chi connectivity index (χ2n) is 6.73. The minimum Gasteiger partial charge on any atom is -0.396 e. The number of benzene rings is 2. The van der Waals surface area contributed by atoms with Crippen molar-refractivity contribution in [3.8, 4) is 11.4 Å². The number of halogens is 1. The van der Waals surface area contributed by atoms with Gasteiger partial charge in [-0.2, -0.15) is 0 Å². The van der Waals surface area contributed by atoms with Crippen molar-refractivity contribution in [3.63, 3.8) is 0 Å². The van der Waals surface area contributed by atoms with Gasteiger partial charge in [0.05, 0.1) is 0 Å². The van der Waals surface area contributed by atoms with Crippen LogP contribution in [0.15, 0.2) is 53.3 Å². The van der Waals surface area contributed by atoms with Crippen LogP contribution in [-0.4, -0.2) is 27.2 Å². The van der Waals surface area contributed by atoms with Crippen molar-refractivity contribution in [2.75, 3.05) is 11.9 Å². The summed E-state index contributed by atoms with van der Waals surface area (Å²) in [6, 6.07) is 12.9. The van der Waals surface area contributed by atoms with E-state index in [0.29, 0.717) is 22.5 Å². The summed E-state index contributed by atoms with van der Waals surface area (Å²) < 4.78 is 14.6. The number of carbonyl (C=O) groups is 1. The highest BCUT2D eigenvalue weighted by atomic mass is 19.1. The third-order valence-electron chi connectivity index (χ3n) is 4.65. The van der Waals surface area contributed by atoms with Gasteiger partial charge in [-0.25, -0.2) is 9.37 Å². The Kier molecular flexibility index (Phi) is 6.19. The molecule has 0 spiro atoms. The summed E-state index contributed by atoms with van der Waals surface area (Å²) >= 11 is 0. The Labute approximate surface area is 167 Å². The fourth-order valence-electron chi connectivity index (χ4n) is 3.11. The molecule has 2 aromatic carbocycles. The highest BCUT2D eigenvalue weighted by molar-refractivity contribution is 5.91. The molecule has 0 aliphatic heterocycles. The maximum absolute atomic E-state index is 13.3. The maximum atomic E-state index is 13.3. The van der Waals surface area contributed by atoms with Crippen molar-refractivity contribution in [1.29, 1.82) is 0 Å². The number of aryl methyl sites for hydroxylation is 2. The summed E-state index contributed by atoms with van der Waals surface area (Å²) in [7, 11) is 0. The molecule has 150 valence electrons. The molecule has 0 bridgehead atoms. The molecule has 0 radical (unpaired) electrons. The molecular formula is C22H22FN3O3. The number of hydrogen-bond acceptors (Lipinski definition) is 4. The average Bonchev–Trinajstić information content (AvgIpc) is 2.69. The predicted octanol–water partition coefficient (Wildman–Crippen LogP) is 2.84. The van der Waals surface area contributed by atoms with Crippen molar-refractivity contribution >= 4 is 11.6 Å². The number of aliphatic hydroxyl groups excluding tert-OH is 1. The monoisotopic (exact) mass is 395 g/mol. The van der Waals surface area contributed by atoms with Crippen LogP contribution in [0.2, 0.25) is 0 Å². The van der Waals surface area contributed by atoms with Gasteiger partial charge < -0.3 is 10.4 Å². The third-order valence-corrected chi connectivity index (χ3v) is 4.65. The lowest BCUT2D eigenvalue weighted by Crippen LogP contribution is -2.33. The molecular weight excluding hydrogens is 373 g/mol. The number of hydrogen-bond donors (Lipinski definition) is 2. The molecule has 0 aliphatic carbocycles. The zero-order valence-corrected chi connectivity index (χ0v) is 16.3. The largest absolute Gasteiger partial charge is 0.396 e. The Hall–Kier alpha value is -3.32. The van der Waals surface area contributed by atoms with Crippen LogP contribution in [-0.2, 0) is 17.8 Å². The summed E-state index contributed by atoms with van der Waals surface area (Å²) in [5.74, 6) is -0.520. The lowest BCUT2D eigenvalue weighted by molar-refractivity contribution is -0.116. The van der Waals surface area contributed by atoms with E-state index >= 15 is 0 Å². The summed E-state index contributed by atoms with van der Waals surface area (Å²) in [4.78, 5) is 30.2. The zero-order valence-electron chi connectivity index (χ0n) is 16.3. The van der Waals surface area contributed by atoms with E-state index in [9.17, 15) is 19.1 Å². The standard InChI is InChI=1S/C22H22FN3O3/c1-14-5-3-4-6-19(14)25-20(28)13-26-21(16-7-9-17(23)10-8-16)24-15(2)18(11-12-27)22(26)29/h3-10,27H,11-13H2,1-2H3,(H,25,28). The van der Waals surface area contributed by atoms with E-state index in [0.717, 1.165) is 5.56 Å². The van der Waals surface area contributed by atoms with Crippen molar-refractivity contribution in [1.82, 2.24) is 9.55 Å². The summed E-state index contributed by atoms with van der Waals surface area (Å²) in [5.41, 5.74) is 2.50. The second-order valence-corrected chi connectivity index (χ2v) is 6.73. The Bertz CT molecular complexity index is 1090. The lowest BCUT2D eigenvalue weighted by Gasteiger charge is -2.16. The lowest BCUT2D eigenvalue weighted by atomic mass is 10.1. The first-order chi connectivity index (χ1) is 13.9. The van der Waals surface area contributed by atoms with Gasteiger partial charge in [0.25, 0.3) is 5.56 Å². The molecule has 1 heterocycles. The minimum atomic E-state index is -0.409. The first-order valence-corrected chi connectivity index (χ1v) is 9.23. The van der Waals surface area contributed by atoms with Crippen LogP contribution < -0.4 is 10.9 Å². The Morgan fingerprint density at radius 2 is 1.83 bits per heavy atom. The van der Waals surface area contributed by atoms with E-state index in [1.165, 1.54) is 28.8 Å². The van der Waals surface area contributed by atoms with E-state index < -0.39 is 11.4 Å². The molecule has 0 unspecified atom stereocenters. The van der Waals surface area contributed by atoms with Gasteiger partial charge >= 0.3 is 0 Å². The molecule has 0 saturated heterocycles. The van der Waals surface area contributed by atoms with Gasteiger partial charge in [0, 0.05) is 35.5 Å². The zero-order chi connectivity index (χ0) is 21.0. The number of rotatable bonds is 6. The number of nitrogens with one attached hydrogen (secondary N) is 1. The van der Waals surface area contributed by atoms with Gasteiger partial charge in [-0.05, 0) is 49.7 Å². The highest BCUT2D eigenvalue weighted by Gasteiger charge is 2.18. The van der Waals surface area contributed by atoms with E-state index in [1.807, 2.05) is 25.1 Å². The number of para-hydroxylation sites is 1. The van der Waals surface area contributed by atoms with Gasteiger partial charge in [-0.1, -0.05) is 18.2 Å². The van der Waals surface area contributed by atoms with Crippen molar-refractivity contribution < 1.29 is 14.3 Å². The molecule has 3 rings (SSSR count). The maximum Gasteiger partial charge on any atom is 0.257 e. The molecule has 3 aromatic rings. The predicted molar refractivity (Wildman–Crippen MR) is 109 cm³/mol. The fourth-order valence-corrected chi connectivity index (χ4v) is 3.11. The van der Waals surface area contributed by atoms with E-state index in [4.69, 9.17) is 0 Å². The normalized spacial score (nSPS) is 10.8. The number of carbonyl (C=O) groups excluding carboxylic acids is 1. The molecule has 2 N–H and O–H groups in total. The smallest absolute Gasteiger partial charge is 0.257 e. The van der Waals surface area contributed by atoms with E-state index in [2.05, 4.69) is 10.3 Å². The van der Waals surface area contributed by atoms with Gasteiger partial charge in [-0.15, -0.1) is 0 Å². The second kappa shape index (κ2) is 8.79. The molecule has 0 saturated carbocycles. The van der Waals surface area contributed by atoms with Crippen LogP contribution in [0.1, 0.15) is 16.8 Å². The Morgan fingerprint density at radius 1 is 1.14 bits per heavy atom. The van der Waals surface area contributed by atoms with Gasteiger partial charge in [0.1, 0.15) is 18.2 Å². The van der Waals surface area contributed by atoms with Crippen molar-refractivity contribution in [3.05, 3.63) is 81.5 Å². The average molecular weight is 395 g/mol. The minimum absolute atomic E-state index is 0.140. The first-order valence-electron chi connectivity index (χ1n) is 9.23. The molecule has 1 amide bonds. The fraction of sp³-hybridized carbons (Fsp3) is 0.227. The van der Waals surface area contributed by atoms with Crippen LogP contribution in [0.4, 0.5) is 10.1 Å². The number of aromatic nitrogens is 2. The summed E-state index contributed by atoms with van der Waals surface area (Å²) in [6.45, 7) is 3.09. The Balaban J connectivity index is 2.03. The topological polar surface area (TPSA) is 84.2 Å². The van der Waals surface area contributed by atoms with E-state index in [1.54, 1.807) is 13.0 Å². The summed E-state index contributed by atoms with van der Waals surface area (Å²) in [6.07, 6.45) is 0.140. The van der Waals surface area contributed by atoms with Gasteiger partial charge in [-0.3, -0.25) is 14.2 Å². The number of nitrogens with zero attached hydrogens (tertiary/aromatic N) is 2. The van der Waals surface area contributed by atoms with Crippen LogP contribution in [0.3, 0.4) is 0 Å². The van der Waals surface area contributed by atoms with Crippen LogP contribution in [0, 0.1) is 19.7 Å². The molecule has 0 atom stereocenters. The highest BCUT2D eigenvalue weighted by Crippen LogP contribution is 2.19. The molecule has 0 fully saturated rings. The van der Waals surface area contributed by atoms with Crippen LogP contribution in [0.25, 0.3) is 11.4 Å². The molecule has 6 nitrogen and oxygen atoms in total. The quantitative estimate of drug-likeness (QED) is 0.672. The molecule has 1 aromatic heterocycles. The van der Waals surface area contributed by atoms with Crippen LogP contribution >= 0.6 is 0 Å². The number of amides is 1.